The van der Waals surface area contributed by atoms with Crippen molar-refractivity contribution in [2.75, 3.05) is 0 Å². The predicted octanol–water partition coefficient (Wildman–Crippen LogP) is 1.06. The first-order valence-corrected chi connectivity index (χ1v) is 6.06. The summed E-state index contributed by atoms with van der Waals surface area (Å²) in [5.41, 5.74) is 0.263. The van der Waals surface area contributed by atoms with Crippen LogP contribution in [0.4, 0.5) is 0 Å². The standard InChI is InChI=1S/C10H7O6P/c11-8-5-9(16-17(13,14)15)10(12)7-4-2-1-3-6(7)8/h1-5H,(H2,13,14,15). The average Bonchev–Trinajstić information content (AvgIpc) is 2.24. The minimum atomic E-state index is -4.85. The van der Waals surface area contributed by atoms with Gasteiger partial charge >= 0.3 is 7.82 Å². The molecule has 1 aromatic rings. The van der Waals surface area contributed by atoms with Crippen LogP contribution in [0.1, 0.15) is 20.7 Å². The maximum atomic E-state index is 11.8. The molecule has 2 rings (SSSR count). The topological polar surface area (TPSA) is 101 Å². The van der Waals surface area contributed by atoms with Gasteiger partial charge in [-0.05, 0) is 0 Å². The minimum absolute atomic E-state index is 0.0726. The van der Waals surface area contributed by atoms with Crippen molar-refractivity contribution in [3.63, 3.8) is 0 Å². The Morgan fingerprint density at radius 2 is 1.65 bits per heavy atom. The lowest BCUT2D eigenvalue weighted by molar-refractivity contribution is 0.0931. The summed E-state index contributed by atoms with van der Waals surface area (Å²) in [6, 6.07) is 5.99. The van der Waals surface area contributed by atoms with Gasteiger partial charge in [0.1, 0.15) is 0 Å². The molecule has 0 saturated heterocycles. The zero-order valence-corrected chi connectivity index (χ0v) is 9.26. The highest BCUT2D eigenvalue weighted by atomic mass is 31.2. The Morgan fingerprint density at radius 3 is 2.24 bits per heavy atom. The highest BCUT2D eigenvalue weighted by Crippen LogP contribution is 2.40. The molecule has 0 aliphatic heterocycles. The number of carbonyl (C=O) groups is 2. The summed E-state index contributed by atoms with van der Waals surface area (Å²) in [6.45, 7) is 0. The Labute approximate surface area is 95.8 Å². The van der Waals surface area contributed by atoms with Crippen LogP contribution < -0.4 is 0 Å². The first-order valence-electron chi connectivity index (χ1n) is 4.53. The lowest BCUT2D eigenvalue weighted by Gasteiger charge is -2.15. The molecule has 0 bridgehead atoms. The van der Waals surface area contributed by atoms with Gasteiger partial charge < -0.3 is 4.52 Å². The van der Waals surface area contributed by atoms with Crippen molar-refractivity contribution in [1.29, 1.82) is 0 Å². The van der Waals surface area contributed by atoms with Gasteiger partial charge in [0.05, 0.1) is 0 Å². The van der Waals surface area contributed by atoms with Crippen LogP contribution in [0.15, 0.2) is 36.1 Å². The molecular weight excluding hydrogens is 247 g/mol. The summed E-state index contributed by atoms with van der Waals surface area (Å²) in [5, 5.41) is 0. The van der Waals surface area contributed by atoms with Crippen molar-refractivity contribution < 1.29 is 28.5 Å². The van der Waals surface area contributed by atoms with Gasteiger partial charge in [-0.2, -0.15) is 0 Å². The third-order valence-corrected chi connectivity index (χ3v) is 2.57. The van der Waals surface area contributed by atoms with Gasteiger partial charge in [-0.1, -0.05) is 24.3 Å². The molecule has 1 aromatic carbocycles. The van der Waals surface area contributed by atoms with Crippen molar-refractivity contribution in [2.24, 2.45) is 0 Å². The SMILES string of the molecule is O=C1C=C(OP(=O)(O)O)C(=O)c2ccccc21. The highest BCUT2D eigenvalue weighted by Gasteiger charge is 2.30. The van der Waals surface area contributed by atoms with Gasteiger partial charge in [-0.25, -0.2) is 4.57 Å². The van der Waals surface area contributed by atoms with E-state index in [-0.39, 0.29) is 11.1 Å². The molecule has 0 aromatic heterocycles. The number of fused-ring (bicyclic) bond motifs is 1. The largest absolute Gasteiger partial charge is 0.524 e. The Hall–Kier alpha value is -1.75. The molecule has 0 amide bonds. The number of allylic oxidation sites excluding steroid dienone is 2. The van der Waals surface area contributed by atoms with E-state index in [1.165, 1.54) is 12.1 Å². The van der Waals surface area contributed by atoms with Gasteiger partial charge in [-0.3, -0.25) is 19.4 Å². The number of hydrogen-bond acceptors (Lipinski definition) is 4. The van der Waals surface area contributed by atoms with Gasteiger partial charge in [0.25, 0.3) is 0 Å². The summed E-state index contributed by atoms with van der Waals surface area (Å²) in [5.74, 6) is -1.88. The summed E-state index contributed by atoms with van der Waals surface area (Å²) in [6.07, 6.45) is 0.782. The van der Waals surface area contributed by atoms with Crippen molar-refractivity contribution >= 4 is 19.4 Å². The molecule has 0 spiro atoms. The predicted molar refractivity (Wildman–Crippen MR) is 56.3 cm³/mol. The second-order valence-corrected chi connectivity index (χ2v) is 4.49. The number of phosphoric ester groups is 1. The van der Waals surface area contributed by atoms with E-state index in [4.69, 9.17) is 9.79 Å². The van der Waals surface area contributed by atoms with Gasteiger partial charge in [0, 0.05) is 17.2 Å². The smallest absolute Gasteiger partial charge is 0.400 e. The third kappa shape index (κ3) is 2.34. The van der Waals surface area contributed by atoms with E-state index in [1.807, 2.05) is 0 Å². The van der Waals surface area contributed by atoms with Crippen molar-refractivity contribution in [3.05, 3.63) is 47.2 Å². The van der Waals surface area contributed by atoms with Crippen LogP contribution in [-0.2, 0) is 9.09 Å². The summed E-state index contributed by atoms with van der Waals surface area (Å²) in [7, 11) is -4.85. The molecule has 7 heteroatoms. The summed E-state index contributed by atoms with van der Waals surface area (Å²) < 4.78 is 14.8. The fourth-order valence-corrected chi connectivity index (χ4v) is 1.88. The molecule has 17 heavy (non-hydrogen) atoms. The molecule has 2 N–H and O–H groups in total. The zero-order chi connectivity index (χ0) is 12.6. The maximum Gasteiger partial charge on any atom is 0.524 e. The molecule has 0 fully saturated rings. The molecular formula is C10H7O6P. The number of ketones is 2. The van der Waals surface area contributed by atoms with E-state index in [2.05, 4.69) is 4.52 Å². The van der Waals surface area contributed by atoms with E-state index in [0.29, 0.717) is 0 Å². The number of benzene rings is 1. The molecule has 0 atom stereocenters. The monoisotopic (exact) mass is 254 g/mol. The van der Waals surface area contributed by atoms with Crippen LogP contribution in [0.25, 0.3) is 0 Å². The first kappa shape index (κ1) is 11.7. The van der Waals surface area contributed by atoms with Crippen molar-refractivity contribution in [2.45, 2.75) is 0 Å². The number of hydrogen-bond donors (Lipinski definition) is 2. The normalized spacial score (nSPS) is 15.3. The van der Waals surface area contributed by atoms with E-state index in [1.54, 1.807) is 12.1 Å². The second-order valence-electron chi connectivity index (χ2n) is 3.33. The Kier molecular flexibility index (Phi) is 2.71. The lowest BCUT2D eigenvalue weighted by Crippen LogP contribution is -2.17. The molecule has 0 radical (unpaired) electrons. The van der Waals surface area contributed by atoms with Gasteiger partial charge in [0.15, 0.2) is 11.5 Å². The Bertz CT molecular complexity index is 582. The van der Waals surface area contributed by atoms with E-state index in [0.717, 1.165) is 6.08 Å². The number of rotatable bonds is 2. The van der Waals surface area contributed by atoms with E-state index < -0.39 is 25.1 Å². The fraction of sp³-hybridized carbons (Fsp3) is 0. The van der Waals surface area contributed by atoms with Crippen LogP contribution in [0.5, 0.6) is 0 Å². The van der Waals surface area contributed by atoms with E-state index in [9.17, 15) is 14.2 Å². The average molecular weight is 254 g/mol. The Balaban J connectivity index is 2.46. The number of carbonyl (C=O) groups excluding carboxylic acids is 2. The van der Waals surface area contributed by atoms with Gasteiger partial charge in [-0.15, -0.1) is 0 Å². The van der Waals surface area contributed by atoms with Crippen molar-refractivity contribution in [1.82, 2.24) is 0 Å². The molecule has 88 valence electrons. The number of phosphoric acid groups is 1. The maximum absolute atomic E-state index is 11.8. The fourth-order valence-electron chi connectivity index (χ4n) is 1.49. The van der Waals surface area contributed by atoms with E-state index >= 15 is 0 Å². The minimum Gasteiger partial charge on any atom is -0.400 e. The molecule has 0 unspecified atom stereocenters. The molecule has 6 nitrogen and oxygen atoms in total. The van der Waals surface area contributed by atoms with Crippen LogP contribution in [0.3, 0.4) is 0 Å². The second kappa shape index (κ2) is 3.92. The molecule has 1 aliphatic carbocycles. The van der Waals surface area contributed by atoms with Crippen molar-refractivity contribution in [3.8, 4) is 0 Å². The molecule has 0 heterocycles. The number of Topliss-reactive ketones (excluding diaryl/α,β-unsaturated/α-hetero) is 1. The van der Waals surface area contributed by atoms with Crippen LogP contribution in [0, 0.1) is 0 Å². The Morgan fingerprint density at radius 1 is 1.06 bits per heavy atom. The highest BCUT2D eigenvalue weighted by molar-refractivity contribution is 7.46. The van der Waals surface area contributed by atoms with Crippen LogP contribution >= 0.6 is 7.82 Å². The summed E-state index contributed by atoms with van der Waals surface area (Å²) in [4.78, 5) is 40.5. The third-order valence-electron chi connectivity index (χ3n) is 2.14. The summed E-state index contributed by atoms with van der Waals surface area (Å²) >= 11 is 0. The molecule has 1 aliphatic rings. The van der Waals surface area contributed by atoms with Crippen LogP contribution in [-0.4, -0.2) is 21.4 Å². The quantitative estimate of drug-likeness (QED) is 0.765. The van der Waals surface area contributed by atoms with Gasteiger partial charge in [0.2, 0.25) is 5.78 Å². The van der Waals surface area contributed by atoms with Crippen LogP contribution in [0.2, 0.25) is 0 Å². The lowest BCUT2D eigenvalue weighted by atomic mass is 9.94. The first-order chi connectivity index (χ1) is 7.88. The zero-order valence-electron chi connectivity index (χ0n) is 8.36. The molecule has 0 saturated carbocycles.